The van der Waals surface area contributed by atoms with Crippen molar-refractivity contribution in [3.05, 3.63) is 130 Å². The number of benzene rings is 4. The van der Waals surface area contributed by atoms with Crippen LogP contribution in [0.4, 0.5) is 5.69 Å². The van der Waals surface area contributed by atoms with Gasteiger partial charge in [0.05, 0.1) is 10.6 Å². The van der Waals surface area contributed by atoms with Crippen molar-refractivity contribution in [1.82, 2.24) is 10.2 Å². The van der Waals surface area contributed by atoms with Gasteiger partial charge in [-0.25, -0.2) is 8.42 Å². The topological polar surface area (TPSA) is 86.8 Å². The van der Waals surface area contributed by atoms with E-state index in [0.717, 1.165) is 32.1 Å². The molecule has 0 saturated heterocycles. The number of carbonyl (C=O) groups is 2. The van der Waals surface area contributed by atoms with Crippen LogP contribution >= 0.6 is 11.6 Å². The van der Waals surface area contributed by atoms with Gasteiger partial charge < -0.3 is 10.2 Å². The molecule has 4 rings (SSSR count). The Balaban J connectivity index is 1.83. The quantitative estimate of drug-likeness (QED) is 0.167. The maximum Gasteiger partial charge on any atom is 0.264 e. The van der Waals surface area contributed by atoms with Crippen molar-refractivity contribution < 1.29 is 18.0 Å². The minimum absolute atomic E-state index is 0.0517. The van der Waals surface area contributed by atoms with Gasteiger partial charge in [-0.3, -0.25) is 13.9 Å². The van der Waals surface area contributed by atoms with Crippen LogP contribution in [-0.4, -0.2) is 43.8 Å². The van der Waals surface area contributed by atoms with Crippen molar-refractivity contribution in [2.75, 3.05) is 10.8 Å². The number of aryl methyl sites for hydroxylation is 3. The normalized spacial score (nSPS) is 12.7. The molecule has 0 fully saturated rings. The Morgan fingerprint density at radius 1 is 0.804 bits per heavy atom. The van der Waals surface area contributed by atoms with Crippen molar-refractivity contribution in [1.29, 1.82) is 0 Å². The van der Waals surface area contributed by atoms with Gasteiger partial charge in [-0.05, 0) is 92.8 Å². The number of anilines is 1. The predicted molar refractivity (Wildman–Crippen MR) is 185 cm³/mol. The average molecular weight is 660 g/mol. The van der Waals surface area contributed by atoms with Gasteiger partial charge in [0.1, 0.15) is 12.6 Å². The second kappa shape index (κ2) is 15.4. The monoisotopic (exact) mass is 659 g/mol. The molecule has 1 N–H and O–H groups in total. The predicted octanol–water partition coefficient (Wildman–Crippen LogP) is 7.02. The fourth-order valence-corrected chi connectivity index (χ4v) is 6.90. The number of sulfonamides is 1. The highest BCUT2D eigenvalue weighted by atomic mass is 35.5. The van der Waals surface area contributed by atoms with Crippen LogP contribution in [0.5, 0.6) is 0 Å². The highest BCUT2D eigenvalue weighted by Crippen LogP contribution is 2.27. The number of halogens is 1. The number of nitrogens with one attached hydrogen (secondary N) is 1. The Morgan fingerprint density at radius 3 is 2.04 bits per heavy atom. The zero-order valence-electron chi connectivity index (χ0n) is 27.0. The summed E-state index contributed by atoms with van der Waals surface area (Å²) >= 11 is 6.33. The van der Waals surface area contributed by atoms with E-state index in [4.69, 9.17) is 11.6 Å². The molecule has 46 heavy (non-hydrogen) atoms. The van der Waals surface area contributed by atoms with Gasteiger partial charge in [-0.2, -0.15) is 0 Å². The summed E-state index contributed by atoms with van der Waals surface area (Å²) in [4.78, 5) is 30.1. The zero-order valence-corrected chi connectivity index (χ0v) is 28.6. The van der Waals surface area contributed by atoms with Crippen molar-refractivity contribution >= 4 is 39.1 Å². The first kappa shape index (κ1) is 34.7. The fourth-order valence-electron chi connectivity index (χ4n) is 5.29. The van der Waals surface area contributed by atoms with E-state index in [9.17, 15) is 18.0 Å². The number of hydrogen-bond donors (Lipinski definition) is 1. The van der Waals surface area contributed by atoms with Gasteiger partial charge >= 0.3 is 0 Å². The molecule has 242 valence electrons. The number of carbonyl (C=O) groups excluding carboxylic acids is 2. The molecule has 4 aromatic rings. The van der Waals surface area contributed by atoms with Crippen LogP contribution in [0.1, 0.15) is 48.1 Å². The standard InChI is InChI=1S/C37H42ClN3O4S/c1-6-29(5)39-37(43)35(23-30-11-8-7-9-12-30)40(24-31-13-10-14-32(38)22-31)36(42)25-41(33-20-27(3)19-28(4)21-33)46(44,45)34-17-15-26(2)16-18-34/h7-22,29,35H,6,23-25H2,1-5H3,(H,39,43)/t29-,35-/m0/s1. The van der Waals surface area contributed by atoms with Crippen molar-refractivity contribution in [2.24, 2.45) is 0 Å². The third-order valence-electron chi connectivity index (χ3n) is 7.90. The molecular formula is C37H42ClN3O4S. The minimum atomic E-state index is -4.18. The molecular weight excluding hydrogens is 618 g/mol. The Kier molecular flexibility index (Phi) is 11.7. The van der Waals surface area contributed by atoms with Crippen LogP contribution < -0.4 is 9.62 Å². The third kappa shape index (κ3) is 8.98. The lowest BCUT2D eigenvalue weighted by molar-refractivity contribution is -0.140. The molecule has 2 amide bonds. The molecule has 0 spiro atoms. The van der Waals surface area contributed by atoms with E-state index in [1.807, 2.05) is 77.1 Å². The summed E-state index contributed by atoms with van der Waals surface area (Å²) in [5.41, 5.74) is 4.59. The van der Waals surface area contributed by atoms with E-state index >= 15 is 0 Å². The highest BCUT2D eigenvalue weighted by Gasteiger charge is 2.35. The summed E-state index contributed by atoms with van der Waals surface area (Å²) in [6.07, 6.45) is 0.949. The highest BCUT2D eigenvalue weighted by molar-refractivity contribution is 7.92. The molecule has 2 atom stereocenters. The molecule has 0 saturated carbocycles. The molecule has 0 radical (unpaired) electrons. The van der Waals surface area contributed by atoms with Crippen molar-refractivity contribution in [3.8, 4) is 0 Å². The van der Waals surface area contributed by atoms with E-state index in [1.165, 1.54) is 4.90 Å². The fraction of sp³-hybridized carbons (Fsp3) is 0.297. The van der Waals surface area contributed by atoms with Crippen molar-refractivity contribution in [2.45, 2.75) is 71.0 Å². The summed E-state index contributed by atoms with van der Waals surface area (Å²) in [7, 11) is -4.18. The summed E-state index contributed by atoms with van der Waals surface area (Å²) in [6.45, 7) is 9.08. The summed E-state index contributed by atoms with van der Waals surface area (Å²) in [5.74, 6) is -0.831. The van der Waals surface area contributed by atoms with Gasteiger partial charge in [-0.1, -0.05) is 84.8 Å². The molecule has 0 aromatic heterocycles. The minimum Gasteiger partial charge on any atom is -0.352 e. The van der Waals surface area contributed by atoms with Gasteiger partial charge in [0.25, 0.3) is 10.0 Å². The zero-order chi connectivity index (χ0) is 33.4. The summed E-state index contributed by atoms with van der Waals surface area (Å²) in [5, 5.41) is 3.55. The molecule has 9 heteroatoms. The van der Waals surface area contributed by atoms with E-state index in [0.29, 0.717) is 17.1 Å². The summed E-state index contributed by atoms with van der Waals surface area (Å²) < 4.78 is 29.7. The molecule has 0 aliphatic carbocycles. The Labute approximate surface area is 278 Å². The second-order valence-electron chi connectivity index (χ2n) is 11.8. The largest absolute Gasteiger partial charge is 0.352 e. The summed E-state index contributed by atoms with van der Waals surface area (Å²) in [6, 6.07) is 27.6. The first-order chi connectivity index (χ1) is 21.9. The smallest absolute Gasteiger partial charge is 0.264 e. The lowest BCUT2D eigenvalue weighted by Crippen LogP contribution is -2.54. The van der Waals surface area contributed by atoms with Gasteiger partial charge in [-0.15, -0.1) is 0 Å². The molecule has 4 aromatic carbocycles. The van der Waals surface area contributed by atoms with Crippen LogP contribution in [0.25, 0.3) is 0 Å². The number of nitrogens with zero attached hydrogens (tertiary/aromatic N) is 2. The third-order valence-corrected chi connectivity index (χ3v) is 9.92. The molecule has 0 aliphatic rings. The molecule has 0 unspecified atom stereocenters. The maximum absolute atomic E-state index is 14.6. The average Bonchev–Trinajstić information content (AvgIpc) is 3.01. The van der Waals surface area contributed by atoms with Gasteiger partial charge in [0.2, 0.25) is 11.8 Å². The molecule has 0 bridgehead atoms. The SMILES string of the molecule is CC[C@H](C)NC(=O)[C@H](Cc1ccccc1)N(Cc1cccc(Cl)c1)C(=O)CN(c1cc(C)cc(C)c1)S(=O)(=O)c1ccc(C)cc1. The Morgan fingerprint density at radius 2 is 1.43 bits per heavy atom. The van der Waals surface area contributed by atoms with Crippen LogP contribution in [-0.2, 0) is 32.6 Å². The molecule has 7 nitrogen and oxygen atoms in total. The van der Waals surface area contributed by atoms with Crippen molar-refractivity contribution in [3.63, 3.8) is 0 Å². The first-order valence-corrected chi connectivity index (χ1v) is 17.2. The van der Waals surface area contributed by atoms with E-state index in [1.54, 1.807) is 54.6 Å². The van der Waals surface area contributed by atoms with E-state index in [2.05, 4.69) is 5.32 Å². The lowest BCUT2D eigenvalue weighted by Gasteiger charge is -2.34. The molecule has 0 aliphatic heterocycles. The number of amides is 2. The maximum atomic E-state index is 14.6. The number of hydrogen-bond acceptors (Lipinski definition) is 4. The van der Waals surface area contributed by atoms with Crippen LogP contribution in [0.3, 0.4) is 0 Å². The van der Waals surface area contributed by atoms with Crippen LogP contribution in [0.15, 0.2) is 102 Å². The van der Waals surface area contributed by atoms with E-state index < -0.39 is 28.5 Å². The molecule has 0 heterocycles. The first-order valence-electron chi connectivity index (χ1n) is 15.4. The van der Waals surface area contributed by atoms with E-state index in [-0.39, 0.29) is 29.8 Å². The van der Waals surface area contributed by atoms with Gasteiger partial charge in [0, 0.05) is 24.0 Å². The Bertz CT molecular complexity index is 1740. The van der Waals surface area contributed by atoms with Crippen LogP contribution in [0, 0.1) is 20.8 Å². The Hall–Kier alpha value is -4.14. The number of rotatable bonds is 13. The van der Waals surface area contributed by atoms with Crippen LogP contribution in [0.2, 0.25) is 5.02 Å². The van der Waals surface area contributed by atoms with Gasteiger partial charge in [0.15, 0.2) is 0 Å². The second-order valence-corrected chi connectivity index (χ2v) is 14.1. The lowest BCUT2D eigenvalue weighted by atomic mass is 10.0.